The maximum Gasteiger partial charge on any atom is 0.319 e. The van der Waals surface area contributed by atoms with Crippen LogP contribution in [0.3, 0.4) is 0 Å². The van der Waals surface area contributed by atoms with Crippen molar-refractivity contribution in [2.45, 2.75) is 70.9 Å². The van der Waals surface area contributed by atoms with Crippen molar-refractivity contribution in [3.8, 4) is 5.69 Å². The molecule has 1 aromatic heterocycles. The maximum absolute atomic E-state index is 14.1. The Kier molecular flexibility index (Phi) is 11.0. The summed E-state index contributed by atoms with van der Waals surface area (Å²) < 4.78 is 1.73. The third-order valence-corrected chi connectivity index (χ3v) is 8.78. The van der Waals surface area contributed by atoms with Crippen molar-refractivity contribution < 1.29 is 9.59 Å². The number of rotatable bonds is 13. The summed E-state index contributed by atoms with van der Waals surface area (Å²) in [6, 6.07) is 26.5. The summed E-state index contributed by atoms with van der Waals surface area (Å²) in [4.78, 5) is 30.9. The second-order valence-electron chi connectivity index (χ2n) is 12.0. The Labute approximate surface area is 267 Å². The summed E-state index contributed by atoms with van der Waals surface area (Å²) in [6.07, 6.45) is 10.5. The zero-order chi connectivity index (χ0) is 31.6. The van der Waals surface area contributed by atoms with Gasteiger partial charge in [-0.25, -0.2) is 9.48 Å². The molecule has 5 rings (SSSR count). The number of amides is 3. The van der Waals surface area contributed by atoms with Crippen LogP contribution in [0.25, 0.3) is 5.69 Å². The molecule has 8 nitrogen and oxygen atoms in total. The fourth-order valence-corrected chi connectivity index (χ4v) is 6.50. The van der Waals surface area contributed by atoms with Crippen molar-refractivity contribution in [1.82, 2.24) is 20.0 Å². The molecule has 8 heteroatoms. The van der Waals surface area contributed by atoms with Crippen LogP contribution in [0.2, 0.25) is 0 Å². The van der Waals surface area contributed by atoms with E-state index in [-0.39, 0.29) is 18.0 Å². The number of aryl methyl sites for hydroxylation is 1. The van der Waals surface area contributed by atoms with Gasteiger partial charge in [-0.3, -0.25) is 14.6 Å². The largest absolute Gasteiger partial charge is 0.351 e. The molecule has 3 aromatic carbocycles. The van der Waals surface area contributed by atoms with Crippen molar-refractivity contribution in [3.05, 3.63) is 114 Å². The molecule has 0 atom stereocenters. The van der Waals surface area contributed by atoms with E-state index in [0.717, 1.165) is 69.3 Å². The van der Waals surface area contributed by atoms with Crippen molar-refractivity contribution in [1.29, 1.82) is 0 Å². The summed E-state index contributed by atoms with van der Waals surface area (Å²) >= 11 is 0. The minimum atomic E-state index is -0.546. The quantitative estimate of drug-likeness (QED) is 0.160. The number of primary amides is 1. The highest BCUT2D eigenvalue weighted by atomic mass is 16.2. The van der Waals surface area contributed by atoms with E-state index in [1.165, 1.54) is 11.1 Å². The third kappa shape index (κ3) is 8.00. The first-order valence-electron chi connectivity index (χ1n) is 16.3. The lowest BCUT2D eigenvalue weighted by Gasteiger charge is -2.38. The molecule has 1 aliphatic rings. The summed E-state index contributed by atoms with van der Waals surface area (Å²) in [5.74, 6) is -0.194. The number of likely N-dealkylation sites (tertiary alicyclic amines) is 1. The molecule has 236 valence electrons. The van der Waals surface area contributed by atoms with E-state index < -0.39 is 6.03 Å². The van der Waals surface area contributed by atoms with Crippen LogP contribution in [0.5, 0.6) is 0 Å². The van der Waals surface area contributed by atoms with E-state index >= 15 is 0 Å². The van der Waals surface area contributed by atoms with Crippen molar-refractivity contribution in [3.63, 3.8) is 0 Å². The van der Waals surface area contributed by atoms with Gasteiger partial charge in [0, 0.05) is 38.1 Å². The minimum absolute atomic E-state index is 0.0125. The lowest BCUT2D eigenvalue weighted by Crippen LogP contribution is -2.46. The number of hydrogen-bond acceptors (Lipinski definition) is 4. The smallest absolute Gasteiger partial charge is 0.319 e. The monoisotopic (exact) mass is 606 g/mol. The Balaban J connectivity index is 1.35. The van der Waals surface area contributed by atoms with Gasteiger partial charge in [0.15, 0.2) is 0 Å². The molecule has 0 aliphatic carbocycles. The molecular weight excluding hydrogens is 560 g/mol. The number of nitrogens with one attached hydrogen (secondary N) is 1. The number of piperidine rings is 1. The van der Waals surface area contributed by atoms with E-state index in [4.69, 9.17) is 5.73 Å². The summed E-state index contributed by atoms with van der Waals surface area (Å²) in [7, 11) is 0. The Morgan fingerprint density at radius 1 is 0.933 bits per heavy atom. The molecule has 3 amide bonds. The molecule has 4 aromatic rings. The van der Waals surface area contributed by atoms with Crippen molar-refractivity contribution >= 4 is 17.6 Å². The van der Waals surface area contributed by atoms with Gasteiger partial charge >= 0.3 is 6.03 Å². The Morgan fingerprint density at radius 2 is 1.58 bits per heavy atom. The standard InChI is InChI=1S/C37H46N6O2/c1-3-4-5-6-13-22-42(37(38)45)34-28(2)26-32(43-23-14-21-39-43)27-33(34)36(44)40-31-19-24-41(25-20-31)35(29-15-9-7-10-16-29)30-17-11-8-12-18-30/h7-12,14-18,21,23,26-27,31,35H,3-6,13,19-20,22,24-25H2,1-2H3,(H2,38,45)(H,40,44). The first kappa shape index (κ1) is 32.0. The van der Waals surface area contributed by atoms with E-state index in [0.29, 0.717) is 17.8 Å². The predicted octanol–water partition coefficient (Wildman–Crippen LogP) is 7.02. The predicted molar refractivity (Wildman–Crippen MR) is 181 cm³/mol. The SMILES string of the molecule is CCCCCCCN(C(N)=O)c1c(C)cc(-n2cccn2)cc1C(=O)NC1CCN(C(c2ccccc2)c2ccccc2)CC1. The molecule has 0 bridgehead atoms. The average molecular weight is 607 g/mol. The minimum Gasteiger partial charge on any atom is -0.351 e. The molecule has 45 heavy (non-hydrogen) atoms. The molecule has 2 heterocycles. The second kappa shape index (κ2) is 15.5. The normalized spacial score (nSPS) is 14.0. The number of carbonyl (C=O) groups is 2. The molecule has 0 unspecified atom stereocenters. The van der Waals surface area contributed by atoms with Gasteiger partial charge in [0.25, 0.3) is 5.91 Å². The summed E-state index contributed by atoms with van der Waals surface area (Å²) in [5.41, 5.74) is 11.1. The maximum atomic E-state index is 14.1. The van der Waals surface area contributed by atoms with Gasteiger partial charge in [-0.15, -0.1) is 0 Å². The highest BCUT2D eigenvalue weighted by Gasteiger charge is 2.30. The van der Waals surface area contributed by atoms with Gasteiger partial charge in [0.05, 0.1) is 23.0 Å². The van der Waals surface area contributed by atoms with Gasteiger partial charge in [-0.2, -0.15) is 5.10 Å². The second-order valence-corrected chi connectivity index (χ2v) is 12.0. The van der Waals surface area contributed by atoms with Crippen LogP contribution in [0.1, 0.15) is 85.0 Å². The number of nitrogens with two attached hydrogens (primary N) is 1. The molecule has 1 aliphatic heterocycles. The Bertz CT molecular complexity index is 1480. The van der Waals surface area contributed by atoms with Crippen LogP contribution in [-0.2, 0) is 0 Å². The van der Waals surface area contributed by atoms with Gasteiger partial charge in [0.1, 0.15) is 0 Å². The zero-order valence-electron chi connectivity index (χ0n) is 26.6. The number of carbonyl (C=O) groups excluding carboxylic acids is 2. The fourth-order valence-electron chi connectivity index (χ4n) is 6.50. The lowest BCUT2D eigenvalue weighted by molar-refractivity contribution is 0.0901. The molecule has 3 N–H and O–H groups in total. The molecule has 0 radical (unpaired) electrons. The molecule has 1 fully saturated rings. The molecule has 0 spiro atoms. The van der Waals surface area contributed by atoms with E-state index in [1.54, 1.807) is 15.8 Å². The third-order valence-electron chi connectivity index (χ3n) is 8.78. The first-order valence-corrected chi connectivity index (χ1v) is 16.3. The first-order chi connectivity index (χ1) is 22.0. The van der Waals surface area contributed by atoms with Crippen LogP contribution >= 0.6 is 0 Å². The van der Waals surface area contributed by atoms with Gasteiger partial charge in [-0.05, 0) is 61.1 Å². The van der Waals surface area contributed by atoms with E-state index in [9.17, 15) is 9.59 Å². The number of unbranched alkanes of at least 4 members (excludes halogenated alkanes) is 4. The molecular formula is C37H46N6O2. The number of anilines is 1. The van der Waals surface area contributed by atoms with Crippen LogP contribution in [0.15, 0.2) is 91.3 Å². The number of nitrogens with zero attached hydrogens (tertiary/aromatic N) is 4. The van der Waals surface area contributed by atoms with Crippen LogP contribution in [-0.4, -0.2) is 52.3 Å². The van der Waals surface area contributed by atoms with Crippen LogP contribution in [0.4, 0.5) is 10.5 Å². The van der Waals surface area contributed by atoms with Crippen LogP contribution < -0.4 is 16.0 Å². The Morgan fingerprint density at radius 3 is 2.16 bits per heavy atom. The number of benzene rings is 3. The van der Waals surface area contributed by atoms with E-state index in [1.807, 2.05) is 31.3 Å². The molecule has 0 saturated carbocycles. The molecule has 1 saturated heterocycles. The topological polar surface area (TPSA) is 96.5 Å². The fraction of sp³-hybridized carbons (Fsp3) is 0.378. The lowest BCUT2D eigenvalue weighted by atomic mass is 9.93. The van der Waals surface area contributed by atoms with Crippen LogP contribution in [0, 0.1) is 6.92 Å². The van der Waals surface area contributed by atoms with Gasteiger partial charge in [-0.1, -0.05) is 93.3 Å². The number of hydrogen-bond donors (Lipinski definition) is 2. The van der Waals surface area contributed by atoms with Crippen molar-refractivity contribution in [2.75, 3.05) is 24.5 Å². The highest BCUT2D eigenvalue weighted by Crippen LogP contribution is 2.32. The highest BCUT2D eigenvalue weighted by molar-refractivity contribution is 6.05. The summed E-state index contributed by atoms with van der Waals surface area (Å²) in [5, 5.41) is 7.70. The zero-order valence-corrected chi connectivity index (χ0v) is 26.6. The van der Waals surface area contributed by atoms with Gasteiger partial charge in [0.2, 0.25) is 0 Å². The number of urea groups is 1. The van der Waals surface area contributed by atoms with E-state index in [2.05, 4.69) is 82.9 Å². The summed E-state index contributed by atoms with van der Waals surface area (Å²) in [6.45, 7) is 6.28. The Hall–Kier alpha value is -4.43. The average Bonchev–Trinajstić information content (AvgIpc) is 3.60. The van der Waals surface area contributed by atoms with Crippen molar-refractivity contribution in [2.24, 2.45) is 5.73 Å². The number of aromatic nitrogens is 2. The van der Waals surface area contributed by atoms with Gasteiger partial charge < -0.3 is 11.1 Å².